The van der Waals surface area contributed by atoms with E-state index in [2.05, 4.69) is 25.6 Å². The summed E-state index contributed by atoms with van der Waals surface area (Å²) in [6, 6.07) is 21.5. The molecule has 0 unspecified atom stereocenters. The van der Waals surface area contributed by atoms with Gasteiger partial charge in [-0.1, -0.05) is 60.7 Å². The number of hydrogen-bond donors (Lipinski definition) is 2. The maximum absolute atomic E-state index is 13.1. The quantitative estimate of drug-likeness (QED) is 0.420. The summed E-state index contributed by atoms with van der Waals surface area (Å²) in [5.74, 6) is 1.06. The number of aromatic nitrogens is 4. The van der Waals surface area contributed by atoms with Crippen LogP contribution in [-0.2, 0) is 4.79 Å². The van der Waals surface area contributed by atoms with Gasteiger partial charge in [0.15, 0.2) is 0 Å². The van der Waals surface area contributed by atoms with Crippen LogP contribution in [0.5, 0.6) is 0 Å². The molecule has 32 heavy (non-hydrogen) atoms. The van der Waals surface area contributed by atoms with Crippen LogP contribution >= 0.6 is 0 Å². The molecule has 2 aromatic carbocycles. The lowest BCUT2D eigenvalue weighted by Crippen LogP contribution is -2.33. The molecular weight excluding hydrogens is 400 g/mol. The average Bonchev–Trinajstić information content (AvgIpc) is 3.17. The third-order valence-corrected chi connectivity index (χ3v) is 5.41. The van der Waals surface area contributed by atoms with Gasteiger partial charge in [0.2, 0.25) is 5.91 Å². The van der Waals surface area contributed by atoms with Crippen molar-refractivity contribution in [2.75, 3.05) is 18.4 Å². The van der Waals surface area contributed by atoms with Gasteiger partial charge in [0.1, 0.15) is 24.3 Å². The Morgan fingerprint density at radius 3 is 2.16 bits per heavy atom. The average molecular weight is 427 g/mol. The second-order valence-electron chi connectivity index (χ2n) is 7.52. The van der Waals surface area contributed by atoms with Gasteiger partial charge in [0.25, 0.3) is 0 Å². The SMILES string of the molecule is Cc1ncn(-c2cc(NCCNC(=O)C(c3ccccc3)c3ccccc3)ncn2)c1C. The first-order chi connectivity index (χ1) is 15.6. The number of nitrogens with zero attached hydrogens (tertiary/aromatic N) is 4. The summed E-state index contributed by atoms with van der Waals surface area (Å²) in [5, 5.41) is 6.30. The summed E-state index contributed by atoms with van der Waals surface area (Å²) < 4.78 is 1.92. The molecule has 1 amide bonds. The highest BCUT2D eigenvalue weighted by molar-refractivity contribution is 5.87. The van der Waals surface area contributed by atoms with Crippen LogP contribution in [-0.4, -0.2) is 38.5 Å². The van der Waals surface area contributed by atoms with Crippen molar-refractivity contribution in [3.63, 3.8) is 0 Å². The minimum Gasteiger partial charge on any atom is -0.368 e. The summed E-state index contributed by atoms with van der Waals surface area (Å²) >= 11 is 0. The zero-order valence-corrected chi connectivity index (χ0v) is 18.2. The number of rotatable bonds is 8. The van der Waals surface area contributed by atoms with Crippen molar-refractivity contribution >= 4 is 11.7 Å². The molecule has 7 heteroatoms. The van der Waals surface area contributed by atoms with Crippen molar-refractivity contribution in [3.8, 4) is 5.82 Å². The van der Waals surface area contributed by atoms with Gasteiger partial charge in [0, 0.05) is 24.8 Å². The van der Waals surface area contributed by atoms with E-state index in [4.69, 9.17) is 0 Å². The highest BCUT2D eigenvalue weighted by atomic mass is 16.1. The Hall–Kier alpha value is -4.00. The Labute approximate surface area is 187 Å². The van der Waals surface area contributed by atoms with Crippen LogP contribution in [0.1, 0.15) is 28.4 Å². The van der Waals surface area contributed by atoms with Crippen LogP contribution in [0.3, 0.4) is 0 Å². The molecule has 0 bridgehead atoms. The molecule has 0 atom stereocenters. The highest BCUT2D eigenvalue weighted by Crippen LogP contribution is 2.24. The predicted octanol–water partition coefficient (Wildman–Crippen LogP) is 3.64. The molecule has 4 rings (SSSR count). The Balaban J connectivity index is 1.38. The van der Waals surface area contributed by atoms with Gasteiger partial charge in [-0.3, -0.25) is 9.36 Å². The lowest BCUT2D eigenvalue weighted by atomic mass is 9.90. The zero-order chi connectivity index (χ0) is 22.3. The van der Waals surface area contributed by atoms with E-state index in [0.29, 0.717) is 18.9 Å². The second kappa shape index (κ2) is 9.87. The van der Waals surface area contributed by atoms with Gasteiger partial charge in [-0.2, -0.15) is 0 Å². The number of hydrogen-bond acceptors (Lipinski definition) is 5. The first-order valence-corrected chi connectivity index (χ1v) is 10.6. The van der Waals surface area contributed by atoms with Crippen molar-refractivity contribution in [2.24, 2.45) is 0 Å². The van der Waals surface area contributed by atoms with Crippen LogP contribution in [0.2, 0.25) is 0 Å². The summed E-state index contributed by atoms with van der Waals surface area (Å²) in [7, 11) is 0. The molecule has 0 aliphatic carbocycles. The third-order valence-electron chi connectivity index (χ3n) is 5.41. The summed E-state index contributed by atoms with van der Waals surface area (Å²) in [5.41, 5.74) is 3.94. The second-order valence-corrected chi connectivity index (χ2v) is 7.52. The molecule has 162 valence electrons. The Kier molecular flexibility index (Phi) is 6.55. The maximum atomic E-state index is 13.1. The first kappa shape index (κ1) is 21.2. The Bertz CT molecular complexity index is 1130. The van der Waals surface area contributed by atoms with E-state index in [1.807, 2.05) is 85.1 Å². The summed E-state index contributed by atoms with van der Waals surface area (Å²) in [4.78, 5) is 26.0. The monoisotopic (exact) mass is 426 g/mol. The van der Waals surface area contributed by atoms with Gasteiger partial charge in [-0.05, 0) is 25.0 Å². The normalized spacial score (nSPS) is 10.8. The standard InChI is InChI=1S/C25H26N6O/c1-18-19(2)31(17-30-18)23-15-22(28-16-29-23)26-13-14-27-25(32)24(20-9-5-3-6-10-20)21-11-7-4-8-12-21/h3-12,15-17,24H,13-14H2,1-2H3,(H,27,32)(H,26,28,29). The molecule has 0 saturated heterocycles. The molecule has 0 aliphatic heterocycles. The predicted molar refractivity (Wildman–Crippen MR) is 125 cm³/mol. The zero-order valence-electron chi connectivity index (χ0n) is 18.2. The molecule has 0 radical (unpaired) electrons. The molecule has 7 nitrogen and oxygen atoms in total. The van der Waals surface area contributed by atoms with E-state index in [0.717, 1.165) is 28.3 Å². The highest BCUT2D eigenvalue weighted by Gasteiger charge is 2.22. The van der Waals surface area contributed by atoms with Crippen LogP contribution in [0.15, 0.2) is 79.4 Å². The Morgan fingerprint density at radius 2 is 1.56 bits per heavy atom. The van der Waals surface area contributed by atoms with Crippen molar-refractivity contribution in [2.45, 2.75) is 19.8 Å². The minimum atomic E-state index is -0.351. The van der Waals surface area contributed by atoms with E-state index in [1.165, 1.54) is 6.33 Å². The van der Waals surface area contributed by atoms with Gasteiger partial charge >= 0.3 is 0 Å². The lowest BCUT2D eigenvalue weighted by Gasteiger charge is -2.18. The number of imidazole rings is 1. The van der Waals surface area contributed by atoms with E-state index >= 15 is 0 Å². The van der Waals surface area contributed by atoms with Gasteiger partial charge < -0.3 is 10.6 Å². The van der Waals surface area contributed by atoms with Crippen molar-refractivity contribution in [3.05, 3.63) is 102 Å². The molecule has 0 fully saturated rings. The number of carbonyl (C=O) groups excluding carboxylic acids is 1. The van der Waals surface area contributed by atoms with Crippen LogP contribution in [0.4, 0.5) is 5.82 Å². The number of carbonyl (C=O) groups is 1. The van der Waals surface area contributed by atoms with E-state index in [-0.39, 0.29) is 11.8 Å². The van der Waals surface area contributed by atoms with E-state index < -0.39 is 0 Å². The summed E-state index contributed by atoms with van der Waals surface area (Å²) in [6.07, 6.45) is 3.27. The van der Waals surface area contributed by atoms with Crippen LogP contribution in [0.25, 0.3) is 5.82 Å². The number of amides is 1. The molecule has 2 aromatic heterocycles. The van der Waals surface area contributed by atoms with Crippen molar-refractivity contribution in [1.29, 1.82) is 0 Å². The van der Waals surface area contributed by atoms with E-state index in [1.54, 1.807) is 6.33 Å². The number of aryl methyl sites for hydroxylation is 1. The minimum absolute atomic E-state index is 0.0305. The molecule has 0 spiro atoms. The fraction of sp³-hybridized carbons (Fsp3) is 0.200. The van der Waals surface area contributed by atoms with Crippen LogP contribution in [0, 0.1) is 13.8 Å². The molecule has 0 saturated carbocycles. The van der Waals surface area contributed by atoms with Gasteiger partial charge in [-0.25, -0.2) is 15.0 Å². The molecule has 2 N–H and O–H groups in total. The van der Waals surface area contributed by atoms with Gasteiger partial charge in [0.05, 0.1) is 11.6 Å². The van der Waals surface area contributed by atoms with Crippen molar-refractivity contribution in [1.82, 2.24) is 24.8 Å². The fourth-order valence-corrected chi connectivity index (χ4v) is 3.57. The summed E-state index contributed by atoms with van der Waals surface area (Å²) in [6.45, 7) is 4.98. The van der Waals surface area contributed by atoms with Crippen LogP contribution < -0.4 is 10.6 Å². The largest absolute Gasteiger partial charge is 0.368 e. The number of benzene rings is 2. The molecule has 2 heterocycles. The molecule has 4 aromatic rings. The van der Waals surface area contributed by atoms with Gasteiger partial charge in [-0.15, -0.1) is 0 Å². The number of anilines is 1. The fourth-order valence-electron chi connectivity index (χ4n) is 3.57. The first-order valence-electron chi connectivity index (χ1n) is 10.6. The molecule has 0 aliphatic rings. The Morgan fingerprint density at radius 1 is 0.906 bits per heavy atom. The van der Waals surface area contributed by atoms with E-state index in [9.17, 15) is 4.79 Å². The lowest BCUT2D eigenvalue weighted by molar-refractivity contribution is -0.121. The number of nitrogens with one attached hydrogen (secondary N) is 2. The smallest absolute Gasteiger partial charge is 0.232 e. The van der Waals surface area contributed by atoms with Crippen molar-refractivity contribution < 1.29 is 4.79 Å². The molecular formula is C25H26N6O. The maximum Gasteiger partial charge on any atom is 0.232 e. The third kappa shape index (κ3) is 4.83. The topological polar surface area (TPSA) is 84.7 Å².